The molecule has 19 heavy (non-hydrogen) atoms. The van der Waals surface area contributed by atoms with E-state index in [0.717, 1.165) is 0 Å². The Hall–Kier alpha value is -2.57. The first-order valence-electron chi connectivity index (χ1n) is 5.78. The summed E-state index contributed by atoms with van der Waals surface area (Å²) in [5, 5.41) is 6.48. The molecule has 0 spiro atoms. The van der Waals surface area contributed by atoms with E-state index in [-0.39, 0.29) is 18.9 Å². The molecule has 2 aromatic rings. The Morgan fingerprint density at radius 2 is 2.26 bits per heavy atom. The maximum atomic E-state index is 11.6. The maximum absolute atomic E-state index is 11.6. The summed E-state index contributed by atoms with van der Waals surface area (Å²) in [5.41, 5.74) is 6.27. The largest absolute Gasteiger partial charge is 0.491 e. The van der Waals surface area contributed by atoms with Crippen LogP contribution in [0.1, 0.15) is 6.42 Å². The lowest BCUT2D eigenvalue weighted by Crippen LogP contribution is -2.18. The summed E-state index contributed by atoms with van der Waals surface area (Å²) in [4.78, 5) is 15.5. The highest BCUT2D eigenvalue weighted by Gasteiger charge is 2.07. The van der Waals surface area contributed by atoms with Crippen molar-refractivity contribution in [2.45, 2.75) is 6.42 Å². The zero-order valence-corrected chi connectivity index (χ0v) is 10.5. The number of hydrogen-bond acceptors (Lipinski definition) is 5. The van der Waals surface area contributed by atoms with Gasteiger partial charge in [0.05, 0.1) is 18.7 Å². The highest BCUT2D eigenvalue weighted by atomic mass is 16.5. The molecule has 100 valence electrons. The standard InChI is InChI=1S/C12H15N5O2/c1-17-12(14-8-15-17)16-11(18)6-7-19-10-5-3-2-4-9(10)13/h2-5,8H,6-7,13H2,1H3,(H,14,15,16,18). The fraction of sp³-hybridized carbons (Fsp3) is 0.250. The smallest absolute Gasteiger partial charge is 0.230 e. The van der Waals surface area contributed by atoms with Crippen LogP contribution >= 0.6 is 0 Å². The lowest BCUT2D eigenvalue weighted by atomic mass is 10.3. The number of carbonyl (C=O) groups excluding carboxylic acids is 1. The molecule has 0 atom stereocenters. The summed E-state index contributed by atoms with van der Waals surface area (Å²) in [6.45, 7) is 0.248. The van der Waals surface area contributed by atoms with E-state index < -0.39 is 0 Å². The molecule has 0 saturated carbocycles. The summed E-state index contributed by atoms with van der Waals surface area (Å²) < 4.78 is 6.91. The van der Waals surface area contributed by atoms with Gasteiger partial charge in [0.25, 0.3) is 0 Å². The number of nitrogens with one attached hydrogen (secondary N) is 1. The van der Waals surface area contributed by atoms with E-state index >= 15 is 0 Å². The summed E-state index contributed by atoms with van der Waals surface area (Å²) in [6, 6.07) is 7.15. The minimum Gasteiger partial charge on any atom is -0.491 e. The van der Waals surface area contributed by atoms with Gasteiger partial charge in [-0.15, -0.1) is 0 Å². The Balaban J connectivity index is 1.79. The van der Waals surface area contributed by atoms with Crippen molar-refractivity contribution < 1.29 is 9.53 Å². The second-order valence-electron chi connectivity index (χ2n) is 3.89. The van der Waals surface area contributed by atoms with E-state index in [1.165, 1.54) is 11.0 Å². The van der Waals surface area contributed by atoms with Crippen LogP contribution in [0.25, 0.3) is 0 Å². The van der Waals surface area contributed by atoms with Crippen LogP contribution in [-0.2, 0) is 11.8 Å². The van der Waals surface area contributed by atoms with Gasteiger partial charge in [-0.2, -0.15) is 10.1 Å². The van der Waals surface area contributed by atoms with E-state index in [4.69, 9.17) is 10.5 Å². The summed E-state index contributed by atoms with van der Waals surface area (Å²) in [7, 11) is 1.70. The van der Waals surface area contributed by atoms with Crippen LogP contribution in [0.15, 0.2) is 30.6 Å². The zero-order valence-electron chi connectivity index (χ0n) is 10.5. The maximum Gasteiger partial charge on any atom is 0.230 e. The number of anilines is 2. The molecular formula is C12H15N5O2. The molecule has 0 aliphatic carbocycles. The van der Waals surface area contributed by atoms with E-state index in [2.05, 4.69) is 15.4 Å². The first-order valence-corrected chi connectivity index (χ1v) is 5.78. The van der Waals surface area contributed by atoms with Gasteiger partial charge >= 0.3 is 0 Å². The first-order chi connectivity index (χ1) is 9.16. The number of carbonyl (C=O) groups is 1. The normalized spacial score (nSPS) is 10.2. The molecule has 0 bridgehead atoms. The molecule has 0 aliphatic heterocycles. The molecule has 0 fully saturated rings. The predicted octanol–water partition coefficient (Wildman–Crippen LogP) is 0.805. The van der Waals surface area contributed by atoms with Crippen LogP contribution in [0.2, 0.25) is 0 Å². The Bertz CT molecular complexity index is 567. The lowest BCUT2D eigenvalue weighted by molar-refractivity contribution is -0.116. The number of para-hydroxylation sites is 2. The van der Waals surface area contributed by atoms with E-state index in [1.54, 1.807) is 19.2 Å². The molecule has 1 heterocycles. The van der Waals surface area contributed by atoms with E-state index in [0.29, 0.717) is 17.4 Å². The van der Waals surface area contributed by atoms with Crippen molar-refractivity contribution in [3.8, 4) is 5.75 Å². The third-order valence-electron chi connectivity index (χ3n) is 2.47. The Morgan fingerprint density at radius 1 is 1.47 bits per heavy atom. The van der Waals surface area contributed by atoms with Gasteiger partial charge in [-0.05, 0) is 12.1 Å². The first kappa shape index (κ1) is 12.9. The topological polar surface area (TPSA) is 95.1 Å². The second-order valence-corrected chi connectivity index (χ2v) is 3.89. The van der Waals surface area contributed by atoms with Crippen molar-refractivity contribution in [2.24, 2.45) is 7.05 Å². The third kappa shape index (κ3) is 3.44. The molecule has 1 amide bonds. The molecule has 1 aromatic carbocycles. The van der Waals surface area contributed by atoms with Crippen molar-refractivity contribution >= 4 is 17.5 Å². The minimum absolute atomic E-state index is 0.189. The molecule has 1 aromatic heterocycles. The third-order valence-corrected chi connectivity index (χ3v) is 2.47. The van der Waals surface area contributed by atoms with Crippen molar-refractivity contribution in [2.75, 3.05) is 17.7 Å². The molecule has 7 heteroatoms. The molecule has 0 radical (unpaired) electrons. The van der Waals surface area contributed by atoms with Crippen molar-refractivity contribution in [3.63, 3.8) is 0 Å². The average Bonchev–Trinajstić information content (AvgIpc) is 2.77. The number of nitrogens with two attached hydrogens (primary N) is 1. The Labute approximate surface area is 110 Å². The van der Waals surface area contributed by atoms with E-state index in [1.807, 2.05) is 12.1 Å². The van der Waals surface area contributed by atoms with Crippen LogP contribution in [0.5, 0.6) is 5.75 Å². The number of nitrogen functional groups attached to an aromatic ring is 1. The number of amides is 1. The number of benzene rings is 1. The molecule has 2 rings (SSSR count). The predicted molar refractivity (Wildman–Crippen MR) is 70.6 cm³/mol. The summed E-state index contributed by atoms with van der Waals surface area (Å²) >= 11 is 0. The van der Waals surface area contributed by atoms with Crippen LogP contribution in [0, 0.1) is 0 Å². The molecular weight excluding hydrogens is 246 g/mol. The van der Waals surface area contributed by atoms with Gasteiger partial charge in [0, 0.05) is 7.05 Å². The summed E-state index contributed by atoms with van der Waals surface area (Å²) in [6.07, 6.45) is 1.58. The number of hydrogen-bond donors (Lipinski definition) is 2. The average molecular weight is 261 g/mol. The van der Waals surface area contributed by atoms with Crippen molar-refractivity contribution in [1.82, 2.24) is 14.8 Å². The van der Waals surface area contributed by atoms with Crippen LogP contribution in [0.4, 0.5) is 11.6 Å². The summed E-state index contributed by atoms with van der Waals surface area (Å²) in [5.74, 6) is 0.795. The molecule has 0 unspecified atom stereocenters. The van der Waals surface area contributed by atoms with Gasteiger partial charge in [0.15, 0.2) is 0 Å². The van der Waals surface area contributed by atoms with Crippen molar-refractivity contribution in [3.05, 3.63) is 30.6 Å². The van der Waals surface area contributed by atoms with Gasteiger partial charge < -0.3 is 10.5 Å². The van der Waals surface area contributed by atoms with Crippen LogP contribution in [-0.4, -0.2) is 27.3 Å². The number of nitrogens with zero attached hydrogens (tertiary/aromatic N) is 3. The monoisotopic (exact) mass is 261 g/mol. The SMILES string of the molecule is Cn1ncnc1NC(=O)CCOc1ccccc1N. The second kappa shape index (κ2) is 5.85. The molecule has 0 saturated heterocycles. The van der Waals surface area contributed by atoms with Crippen molar-refractivity contribution in [1.29, 1.82) is 0 Å². The number of ether oxygens (including phenoxy) is 1. The highest BCUT2D eigenvalue weighted by Crippen LogP contribution is 2.19. The Kier molecular flexibility index (Phi) is 3.97. The Morgan fingerprint density at radius 3 is 2.95 bits per heavy atom. The van der Waals surface area contributed by atoms with Gasteiger partial charge in [-0.1, -0.05) is 12.1 Å². The lowest BCUT2D eigenvalue weighted by Gasteiger charge is -2.08. The van der Waals surface area contributed by atoms with Gasteiger partial charge in [-0.25, -0.2) is 4.68 Å². The fourth-order valence-corrected chi connectivity index (χ4v) is 1.46. The fourth-order valence-electron chi connectivity index (χ4n) is 1.46. The number of aryl methyl sites for hydroxylation is 1. The molecule has 7 nitrogen and oxygen atoms in total. The van der Waals surface area contributed by atoms with Gasteiger partial charge in [0.1, 0.15) is 12.1 Å². The molecule has 3 N–H and O–H groups in total. The van der Waals surface area contributed by atoms with Crippen LogP contribution in [0.3, 0.4) is 0 Å². The van der Waals surface area contributed by atoms with Crippen LogP contribution < -0.4 is 15.8 Å². The van der Waals surface area contributed by atoms with E-state index in [9.17, 15) is 4.79 Å². The zero-order chi connectivity index (χ0) is 13.7. The number of rotatable bonds is 5. The quantitative estimate of drug-likeness (QED) is 0.776. The number of aromatic nitrogens is 3. The van der Waals surface area contributed by atoms with Gasteiger partial charge in [-0.3, -0.25) is 10.1 Å². The highest BCUT2D eigenvalue weighted by molar-refractivity contribution is 5.89. The molecule has 0 aliphatic rings. The minimum atomic E-state index is -0.189. The van der Waals surface area contributed by atoms with Gasteiger partial charge in [0.2, 0.25) is 11.9 Å².